The van der Waals surface area contributed by atoms with Crippen LogP contribution in [0.4, 0.5) is 4.39 Å². The monoisotopic (exact) mass is 374 g/mol. The molecule has 0 saturated carbocycles. The number of benzene rings is 2. The molecule has 0 bridgehead atoms. The number of aromatic nitrogens is 1. The van der Waals surface area contributed by atoms with Crippen LogP contribution in [0, 0.1) is 5.82 Å². The van der Waals surface area contributed by atoms with Crippen molar-refractivity contribution in [2.24, 2.45) is 0 Å². The van der Waals surface area contributed by atoms with Crippen LogP contribution < -0.4 is 0 Å². The van der Waals surface area contributed by atoms with Crippen molar-refractivity contribution in [3.8, 4) is 0 Å². The Hall–Kier alpha value is -1.98. The first-order valence-electron chi connectivity index (χ1n) is 8.21. The molecule has 1 atom stereocenters. The lowest BCUT2D eigenvalue weighted by molar-refractivity contribution is -0.131. The minimum atomic E-state index is -0.434. The Labute approximate surface area is 154 Å². The highest BCUT2D eigenvalue weighted by Gasteiger charge is 2.32. The fourth-order valence-electron chi connectivity index (χ4n) is 3.31. The Bertz CT molecular complexity index is 889. The predicted octanol–water partition coefficient (Wildman–Crippen LogP) is 5.00. The Morgan fingerprint density at radius 3 is 2.92 bits per heavy atom. The Morgan fingerprint density at radius 1 is 1.28 bits per heavy atom. The summed E-state index contributed by atoms with van der Waals surface area (Å²) in [6.45, 7) is 0.672. The first kappa shape index (κ1) is 16.5. The summed E-state index contributed by atoms with van der Waals surface area (Å²) in [7, 11) is 0. The number of amides is 1. The van der Waals surface area contributed by atoms with Gasteiger partial charge in [-0.3, -0.25) is 4.79 Å². The van der Waals surface area contributed by atoms with E-state index in [0.717, 1.165) is 28.1 Å². The maximum absolute atomic E-state index is 14.0. The lowest BCUT2D eigenvalue weighted by Gasteiger charge is -2.23. The van der Waals surface area contributed by atoms with Gasteiger partial charge in [-0.05, 0) is 37.1 Å². The average molecular weight is 375 g/mol. The molecule has 4 rings (SSSR count). The van der Waals surface area contributed by atoms with Crippen molar-refractivity contribution in [3.63, 3.8) is 0 Å². The molecular weight excluding hydrogens is 359 g/mol. The van der Waals surface area contributed by atoms with Crippen LogP contribution >= 0.6 is 22.9 Å². The van der Waals surface area contributed by atoms with Gasteiger partial charge >= 0.3 is 0 Å². The summed E-state index contributed by atoms with van der Waals surface area (Å²) in [5.41, 5.74) is 1.23. The van der Waals surface area contributed by atoms with Gasteiger partial charge in [0.1, 0.15) is 10.8 Å². The molecule has 0 spiro atoms. The van der Waals surface area contributed by atoms with E-state index in [1.165, 1.54) is 6.07 Å². The smallest absolute Gasteiger partial charge is 0.227 e. The van der Waals surface area contributed by atoms with Crippen LogP contribution in [0.1, 0.15) is 29.5 Å². The number of hydrogen-bond donors (Lipinski definition) is 0. The van der Waals surface area contributed by atoms with Gasteiger partial charge in [-0.15, -0.1) is 11.3 Å². The molecule has 0 unspecified atom stereocenters. The molecule has 1 aromatic heterocycles. The van der Waals surface area contributed by atoms with Gasteiger partial charge < -0.3 is 4.90 Å². The van der Waals surface area contributed by atoms with Gasteiger partial charge in [0.05, 0.1) is 22.7 Å². The zero-order chi connectivity index (χ0) is 17.4. The molecule has 1 amide bonds. The topological polar surface area (TPSA) is 33.2 Å². The third-order valence-electron chi connectivity index (χ3n) is 4.56. The molecule has 1 fully saturated rings. The van der Waals surface area contributed by atoms with E-state index in [1.54, 1.807) is 23.5 Å². The third kappa shape index (κ3) is 3.14. The molecule has 1 aliphatic rings. The third-order valence-corrected chi connectivity index (χ3v) is 6.05. The van der Waals surface area contributed by atoms with E-state index in [0.29, 0.717) is 11.6 Å². The van der Waals surface area contributed by atoms with Crippen molar-refractivity contribution in [1.82, 2.24) is 9.88 Å². The number of fused-ring (bicyclic) bond motifs is 1. The highest BCUT2D eigenvalue weighted by Crippen LogP contribution is 2.37. The first-order valence-corrected chi connectivity index (χ1v) is 9.41. The Morgan fingerprint density at radius 2 is 2.12 bits per heavy atom. The fourth-order valence-corrected chi connectivity index (χ4v) is 4.65. The highest BCUT2D eigenvalue weighted by atomic mass is 35.5. The summed E-state index contributed by atoms with van der Waals surface area (Å²) in [6, 6.07) is 12.4. The van der Waals surface area contributed by atoms with Crippen molar-refractivity contribution >= 4 is 39.1 Å². The summed E-state index contributed by atoms with van der Waals surface area (Å²) in [6.07, 6.45) is 1.79. The normalized spacial score (nSPS) is 17.4. The number of carbonyl (C=O) groups excluding carboxylic acids is 1. The number of likely N-dealkylation sites (tertiary alicyclic amines) is 1. The van der Waals surface area contributed by atoms with Gasteiger partial charge in [0.25, 0.3) is 0 Å². The second kappa shape index (κ2) is 6.73. The largest absolute Gasteiger partial charge is 0.333 e. The van der Waals surface area contributed by atoms with Crippen molar-refractivity contribution in [1.29, 1.82) is 0 Å². The van der Waals surface area contributed by atoms with Gasteiger partial charge in [0.15, 0.2) is 0 Å². The molecule has 6 heteroatoms. The molecule has 0 radical (unpaired) electrons. The number of nitrogens with zero attached hydrogens (tertiary/aromatic N) is 2. The minimum Gasteiger partial charge on any atom is -0.333 e. The number of halogens is 2. The van der Waals surface area contributed by atoms with Gasteiger partial charge in [-0.25, -0.2) is 9.37 Å². The molecule has 3 aromatic rings. The lowest BCUT2D eigenvalue weighted by atomic mass is 10.1. The molecule has 25 heavy (non-hydrogen) atoms. The van der Waals surface area contributed by atoms with E-state index in [1.807, 2.05) is 29.2 Å². The van der Waals surface area contributed by atoms with Crippen molar-refractivity contribution in [3.05, 3.63) is 63.9 Å². The Kier molecular flexibility index (Phi) is 4.44. The van der Waals surface area contributed by atoms with E-state index in [9.17, 15) is 9.18 Å². The highest BCUT2D eigenvalue weighted by molar-refractivity contribution is 7.18. The second-order valence-corrected chi connectivity index (χ2v) is 7.61. The molecule has 1 aliphatic heterocycles. The van der Waals surface area contributed by atoms with Crippen LogP contribution in [0.5, 0.6) is 0 Å². The summed E-state index contributed by atoms with van der Waals surface area (Å²) in [5, 5.41) is 1.25. The molecule has 1 saturated heterocycles. The van der Waals surface area contributed by atoms with Gasteiger partial charge in [-0.1, -0.05) is 29.8 Å². The SMILES string of the molecule is O=C(Cc1c(F)cccc1Cl)N1CCC[C@@H]1c1nc2ccccc2s1. The van der Waals surface area contributed by atoms with Crippen LogP contribution in [0.15, 0.2) is 42.5 Å². The summed E-state index contributed by atoms with van der Waals surface area (Å²) in [4.78, 5) is 19.3. The first-order chi connectivity index (χ1) is 12.1. The minimum absolute atomic E-state index is 0.0209. The molecule has 2 aromatic carbocycles. The van der Waals surface area contributed by atoms with Gasteiger partial charge in [0, 0.05) is 17.1 Å². The molecule has 2 heterocycles. The van der Waals surface area contributed by atoms with Crippen LogP contribution in [0.3, 0.4) is 0 Å². The molecule has 3 nitrogen and oxygen atoms in total. The quantitative estimate of drug-likeness (QED) is 0.646. The maximum Gasteiger partial charge on any atom is 0.227 e. The summed E-state index contributed by atoms with van der Waals surface area (Å²) < 4.78 is 15.1. The second-order valence-electron chi connectivity index (χ2n) is 6.14. The number of rotatable bonds is 3. The zero-order valence-corrected chi connectivity index (χ0v) is 15.0. The standard InChI is InChI=1S/C19H16ClFN2OS/c20-13-5-3-6-14(21)12(13)11-18(24)23-10-4-8-16(23)19-22-15-7-1-2-9-17(15)25-19/h1-3,5-7,9,16H,4,8,10-11H2/t16-/m1/s1. The molecule has 128 valence electrons. The van der Waals surface area contributed by atoms with Crippen LogP contribution in [-0.2, 0) is 11.2 Å². The van der Waals surface area contributed by atoms with E-state index in [4.69, 9.17) is 16.6 Å². The van der Waals surface area contributed by atoms with Gasteiger partial charge in [0.2, 0.25) is 5.91 Å². The van der Waals surface area contributed by atoms with E-state index < -0.39 is 5.82 Å². The van der Waals surface area contributed by atoms with Crippen LogP contribution in [-0.4, -0.2) is 22.3 Å². The number of thiazole rings is 1. The molecule has 0 aliphatic carbocycles. The Balaban J connectivity index is 1.59. The number of para-hydroxylation sites is 1. The molecule has 0 N–H and O–H groups in total. The van der Waals surface area contributed by atoms with Crippen LogP contribution in [0.25, 0.3) is 10.2 Å². The number of hydrogen-bond acceptors (Lipinski definition) is 3. The van der Waals surface area contributed by atoms with E-state index in [-0.39, 0.29) is 23.9 Å². The lowest BCUT2D eigenvalue weighted by Crippen LogP contribution is -2.32. The molecular formula is C19H16ClFN2OS. The van der Waals surface area contributed by atoms with Crippen molar-refractivity contribution in [2.45, 2.75) is 25.3 Å². The fraction of sp³-hybridized carbons (Fsp3) is 0.263. The predicted molar refractivity (Wildman–Crippen MR) is 98.4 cm³/mol. The van der Waals surface area contributed by atoms with Crippen LogP contribution in [0.2, 0.25) is 5.02 Å². The average Bonchev–Trinajstić information content (AvgIpc) is 3.24. The van der Waals surface area contributed by atoms with E-state index in [2.05, 4.69) is 0 Å². The number of carbonyl (C=O) groups is 1. The van der Waals surface area contributed by atoms with E-state index >= 15 is 0 Å². The van der Waals surface area contributed by atoms with Gasteiger partial charge in [-0.2, -0.15) is 0 Å². The maximum atomic E-state index is 14.0. The van der Waals surface area contributed by atoms with Crippen molar-refractivity contribution < 1.29 is 9.18 Å². The van der Waals surface area contributed by atoms with Crippen molar-refractivity contribution in [2.75, 3.05) is 6.54 Å². The zero-order valence-electron chi connectivity index (χ0n) is 13.4. The summed E-state index contributed by atoms with van der Waals surface area (Å²) in [5.74, 6) is -0.537. The summed E-state index contributed by atoms with van der Waals surface area (Å²) >= 11 is 7.69.